The molecule has 0 atom stereocenters. The second-order valence-electron chi connectivity index (χ2n) is 11.0. The SMILES string of the molecule is Cc1cccc(-c2ccc(-c3nc(-c4ccccc4)nc(-c4ccc5c(c4)oc4cccc(-c6ccccc6)c45)n3)cc2)c1. The number of aromatic nitrogens is 3. The maximum atomic E-state index is 6.40. The molecule has 0 amide bonds. The Balaban J connectivity index is 1.25. The lowest BCUT2D eigenvalue weighted by molar-refractivity contribution is 0.669. The molecule has 0 aliphatic carbocycles. The zero-order valence-electron chi connectivity index (χ0n) is 24.1. The van der Waals surface area contributed by atoms with Crippen LogP contribution < -0.4 is 0 Å². The highest BCUT2D eigenvalue weighted by molar-refractivity contribution is 6.12. The summed E-state index contributed by atoms with van der Waals surface area (Å²) in [6, 6.07) is 49.9. The minimum atomic E-state index is 0.599. The average Bonchev–Trinajstić information content (AvgIpc) is 3.47. The number of hydrogen-bond acceptors (Lipinski definition) is 4. The topological polar surface area (TPSA) is 51.8 Å². The van der Waals surface area contributed by atoms with Crippen LogP contribution >= 0.6 is 0 Å². The number of rotatable bonds is 5. The fraction of sp³-hybridized carbons (Fsp3) is 0.0250. The van der Waals surface area contributed by atoms with Crippen LogP contribution in [0.15, 0.2) is 150 Å². The molecule has 2 aromatic heterocycles. The molecule has 0 bridgehead atoms. The number of benzene rings is 6. The lowest BCUT2D eigenvalue weighted by atomic mass is 9.99. The van der Waals surface area contributed by atoms with Crippen LogP contribution in [0.1, 0.15) is 5.56 Å². The van der Waals surface area contributed by atoms with E-state index < -0.39 is 0 Å². The van der Waals surface area contributed by atoms with E-state index in [-0.39, 0.29) is 0 Å². The van der Waals surface area contributed by atoms with Gasteiger partial charge in [-0.25, -0.2) is 15.0 Å². The summed E-state index contributed by atoms with van der Waals surface area (Å²) in [6.45, 7) is 2.11. The molecule has 6 aromatic carbocycles. The molecule has 0 fully saturated rings. The van der Waals surface area contributed by atoms with Crippen LogP contribution in [0.3, 0.4) is 0 Å². The van der Waals surface area contributed by atoms with Crippen LogP contribution in [0.2, 0.25) is 0 Å². The van der Waals surface area contributed by atoms with E-state index in [0.717, 1.165) is 55.3 Å². The Hall–Kier alpha value is -5.87. The molecule has 8 rings (SSSR count). The standard InChI is InChI=1S/C40H27N3O/c1-26-10-8-15-31(24-26)27-18-20-30(21-19-27)39-41-38(29-13-6-3-7-14-29)42-40(43-39)32-22-23-34-36(25-32)44-35-17-9-16-33(37(34)35)28-11-4-2-5-12-28/h2-25H,1H3. The van der Waals surface area contributed by atoms with E-state index in [1.807, 2.05) is 54.6 Å². The Kier molecular flexibility index (Phi) is 6.31. The third-order valence-corrected chi connectivity index (χ3v) is 8.00. The zero-order chi connectivity index (χ0) is 29.5. The van der Waals surface area contributed by atoms with Crippen LogP contribution in [-0.4, -0.2) is 15.0 Å². The van der Waals surface area contributed by atoms with Gasteiger partial charge in [-0.3, -0.25) is 0 Å². The summed E-state index contributed by atoms with van der Waals surface area (Å²) in [6.07, 6.45) is 0. The minimum absolute atomic E-state index is 0.599. The quantitative estimate of drug-likeness (QED) is 0.208. The van der Waals surface area contributed by atoms with Crippen molar-refractivity contribution in [2.75, 3.05) is 0 Å². The van der Waals surface area contributed by atoms with Crippen molar-refractivity contribution >= 4 is 21.9 Å². The van der Waals surface area contributed by atoms with Gasteiger partial charge in [-0.1, -0.05) is 133 Å². The fourth-order valence-electron chi connectivity index (χ4n) is 5.81. The fourth-order valence-corrected chi connectivity index (χ4v) is 5.81. The third-order valence-electron chi connectivity index (χ3n) is 8.00. The Morgan fingerprint density at radius 1 is 0.409 bits per heavy atom. The Labute approximate surface area is 255 Å². The molecule has 44 heavy (non-hydrogen) atoms. The molecule has 2 heterocycles. The third kappa shape index (κ3) is 4.73. The van der Waals surface area contributed by atoms with Crippen LogP contribution in [0, 0.1) is 6.92 Å². The maximum absolute atomic E-state index is 6.40. The Morgan fingerprint density at radius 2 is 0.977 bits per heavy atom. The zero-order valence-corrected chi connectivity index (χ0v) is 24.1. The Morgan fingerprint density at radius 3 is 1.68 bits per heavy atom. The lowest BCUT2D eigenvalue weighted by Gasteiger charge is -2.09. The second-order valence-corrected chi connectivity index (χ2v) is 11.0. The van der Waals surface area contributed by atoms with Gasteiger partial charge < -0.3 is 4.42 Å². The first kappa shape index (κ1) is 25.8. The summed E-state index contributed by atoms with van der Waals surface area (Å²) in [5.41, 5.74) is 10.3. The molecule has 0 N–H and O–H groups in total. The van der Waals surface area contributed by atoms with Crippen molar-refractivity contribution in [3.05, 3.63) is 151 Å². The van der Waals surface area contributed by atoms with Crippen molar-refractivity contribution in [2.45, 2.75) is 6.92 Å². The first-order valence-electron chi connectivity index (χ1n) is 14.7. The molecule has 4 nitrogen and oxygen atoms in total. The summed E-state index contributed by atoms with van der Waals surface area (Å²) in [7, 11) is 0. The molecule has 0 spiro atoms. The molecule has 4 heteroatoms. The van der Waals surface area contributed by atoms with Crippen molar-refractivity contribution in [2.24, 2.45) is 0 Å². The molecule has 0 unspecified atom stereocenters. The smallest absolute Gasteiger partial charge is 0.164 e. The van der Waals surface area contributed by atoms with E-state index in [4.69, 9.17) is 19.4 Å². The van der Waals surface area contributed by atoms with E-state index >= 15 is 0 Å². The van der Waals surface area contributed by atoms with E-state index in [0.29, 0.717) is 17.5 Å². The first-order chi connectivity index (χ1) is 21.7. The largest absolute Gasteiger partial charge is 0.456 e. The molecule has 0 saturated heterocycles. The summed E-state index contributed by atoms with van der Waals surface area (Å²) in [5.74, 6) is 1.85. The molecule has 0 aliphatic heterocycles. The molecule has 8 aromatic rings. The predicted octanol–water partition coefficient (Wildman–Crippen LogP) is 10.4. The summed E-state index contributed by atoms with van der Waals surface area (Å²) in [4.78, 5) is 14.8. The van der Waals surface area contributed by atoms with E-state index in [1.165, 1.54) is 11.1 Å². The van der Waals surface area contributed by atoms with Crippen LogP contribution in [-0.2, 0) is 0 Å². The minimum Gasteiger partial charge on any atom is -0.456 e. The molecular formula is C40H27N3O. The van der Waals surface area contributed by atoms with Crippen LogP contribution in [0.5, 0.6) is 0 Å². The first-order valence-corrected chi connectivity index (χ1v) is 14.7. The predicted molar refractivity (Wildman–Crippen MR) is 179 cm³/mol. The number of hydrogen-bond donors (Lipinski definition) is 0. The van der Waals surface area contributed by atoms with Gasteiger partial charge in [0.15, 0.2) is 17.5 Å². The molecule has 0 aliphatic rings. The lowest BCUT2D eigenvalue weighted by Crippen LogP contribution is -2.00. The summed E-state index contributed by atoms with van der Waals surface area (Å²) < 4.78 is 6.40. The van der Waals surface area contributed by atoms with E-state index in [2.05, 4.69) is 97.9 Å². The van der Waals surface area contributed by atoms with Gasteiger partial charge >= 0.3 is 0 Å². The molecule has 208 valence electrons. The summed E-state index contributed by atoms with van der Waals surface area (Å²) in [5, 5.41) is 2.17. The van der Waals surface area contributed by atoms with Gasteiger partial charge in [0.25, 0.3) is 0 Å². The normalized spacial score (nSPS) is 11.3. The van der Waals surface area contributed by atoms with Gasteiger partial charge in [-0.2, -0.15) is 0 Å². The van der Waals surface area contributed by atoms with Crippen LogP contribution in [0.25, 0.3) is 78.4 Å². The van der Waals surface area contributed by atoms with Crippen molar-refractivity contribution in [1.82, 2.24) is 15.0 Å². The monoisotopic (exact) mass is 565 g/mol. The van der Waals surface area contributed by atoms with Gasteiger partial charge in [0.2, 0.25) is 0 Å². The maximum Gasteiger partial charge on any atom is 0.164 e. The van der Waals surface area contributed by atoms with Gasteiger partial charge in [0, 0.05) is 27.5 Å². The van der Waals surface area contributed by atoms with Crippen LogP contribution in [0.4, 0.5) is 0 Å². The summed E-state index contributed by atoms with van der Waals surface area (Å²) >= 11 is 0. The van der Waals surface area contributed by atoms with Crippen molar-refractivity contribution in [1.29, 1.82) is 0 Å². The highest BCUT2D eigenvalue weighted by atomic mass is 16.3. The van der Waals surface area contributed by atoms with Crippen molar-refractivity contribution in [3.63, 3.8) is 0 Å². The highest BCUT2D eigenvalue weighted by Gasteiger charge is 2.16. The highest BCUT2D eigenvalue weighted by Crippen LogP contribution is 2.38. The number of fused-ring (bicyclic) bond motifs is 3. The molecule has 0 saturated carbocycles. The van der Waals surface area contributed by atoms with Gasteiger partial charge in [0.1, 0.15) is 11.2 Å². The van der Waals surface area contributed by atoms with Crippen molar-refractivity contribution in [3.8, 4) is 56.4 Å². The van der Waals surface area contributed by atoms with Gasteiger partial charge in [-0.05, 0) is 47.4 Å². The van der Waals surface area contributed by atoms with Gasteiger partial charge in [0.05, 0.1) is 0 Å². The van der Waals surface area contributed by atoms with Crippen molar-refractivity contribution < 1.29 is 4.42 Å². The molecule has 0 radical (unpaired) electrons. The molecular weight excluding hydrogens is 538 g/mol. The average molecular weight is 566 g/mol. The number of aryl methyl sites for hydroxylation is 1. The van der Waals surface area contributed by atoms with Gasteiger partial charge in [-0.15, -0.1) is 0 Å². The number of furan rings is 1. The number of nitrogens with zero attached hydrogens (tertiary/aromatic N) is 3. The second kappa shape index (κ2) is 10.8. The van der Waals surface area contributed by atoms with E-state index in [1.54, 1.807) is 0 Å². The Bertz CT molecular complexity index is 2270. The van der Waals surface area contributed by atoms with E-state index in [9.17, 15) is 0 Å².